The van der Waals surface area contributed by atoms with Crippen molar-refractivity contribution in [2.75, 3.05) is 18.8 Å². The third-order valence-corrected chi connectivity index (χ3v) is 7.34. The number of piperidine rings is 1. The molecule has 4 heterocycles. The van der Waals surface area contributed by atoms with Crippen LogP contribution in [0.5, 0.6) is 5.75 Å². The molecule has 8 nitrogen and oxygen atoms in total. The maximum absolute atomic E-state index is 14.2. The summed E-state index contributed by atoms with van der Waals surface area (Å²) >= 11 is 12.5. The number of furan rings is 1. The fourth-order valence-electron chi connectivity index (χ4n) is 4.77. The Balaban J connectivity index is 1.62. The molecule has 5 rings (SSSR count). The van der Waals surface area contributed by atoms with Crippen molar-refractivity contribution in [3.8, 4) is 16.9 Å². The largest absolute Gasteiger partial charge is 0.478 e. The van der Waals surface area contributed by atoms with E-state index in [1.807, 2.05) is 10.9 Å². The molecular weight excluding hydrogens is 520 g/mol. The number of nitrogen functional groups attached to an aromatic ring is 1. The number of halogens is 3. The Labute approximate surface area is 223 Å². The third-order valence-electron chi connectivity index (χ3n) is 6.63. The quantitative estimate of drug-likeness (QED) is 0.253. The molecule has 4 N–H and O–H groups in total. The van der Waals surface area contributed by atoms with Crippen LogP contribution < -0.4 is 15.8 Å². The van der Waals surface area contributed by atoms with Gasteiger partial charge in [-0.3, -0.25) is 4.68 Å². The van der Waals surface area contributed by atoms with E-state index >= 15 is 0 Å². The predicted molar refractivity (Wildman–Crippen MR) is 141 cm³/mol. The summed E-state index contributed by atoms with van der Waals surface area (Å²) in [7, 11) is 0. The molecule has 37 heavy (non-hydrogen) atoms. The van der Waals surface area contributed by atoms with Gasteiger partial charge >= 0.3 is 0 Å². The first-order valence-corrected chi connectivity index (χ1v) is 12.8. The van der Waals surface area contributed by atoms with Crippen molar-refractivity contribution in [3.63, 3.8) is 0 Å². The first kappa shape index (κ1) is 25.8. The lowest BCUT2D eigenvalue weighted by molar-refractivity contribution is 0.0564. The van der Waals surface area contributed by atoms with Gasteiger partial charge in [0.25, 0.3) is 0 Å². The zero-order chi connectivity index (χ0) is 26.5. The average Bonchev–Trinajstić information content (AvgIpc) is 3.49. The number of hydrogen-bond acceptors (Lipinski definition) is 7. The first-order chi connectivity index (χ1) is 17.6. The van der Waals surface area contributed by atoms with Crippen LogP contribution in [0.25, 0.3) is 22.1 Å². The van der Waals surface area contributed by atoms with Gasteiger partial charge in [0.15, 0.2) is 11.4 Å². The molecule has 1 saturated heterocycles. The van der Waals surface area contributed by atoms with Crippen LogP contribution in [0.2, 0.25) is 10.0 Å². The smallest absolute Gasteiger partial charge is 0.205 e. The van der Waals surface area contributed by atoms with Gasteiger partial charge in [0.2, 0.25) is 5.75 Å². The summed E-state index contributed by atoms with van der Waals surface area (Å²) in [4.78, 5) is 4.33. The number of fused-ring (bicyclic) bond motifs is 1. The fourth-order valence-corrected chi connectivity index (χ4v) is 5.44. The van der Waals surface area contributed by atoms with E-state index in [2.05, 4.69) is 15.4 Å². The van der Waals surface area contributed by atoms with Gasteiger partial charge in [0.1, 0.15) is 23.3 Å². The Morgan fingerprint density at radius 2 is 2.00 bits per heavy atom. The Hall–Kier alpha value is -2.85. The van der Waals surface area contributed by atoms with Gasteiger partial charge in [-0.2, -0.15) is 5.10 Å². The number of nitrogens with one attached hydrogen (secondary N) is 1. The van der Waals surface area contributed by atoms with E-state index in [1.165, 1.54) is 12.1 Å². The van der Waals surface area contributed by atoms with Crippen LogP contribution in [-0.2, 0) is 5.60 Å². The number of benzene rings is 1. The van der Waals surface area contributed by atoms with Crippen molar-refractivity contribution in [3.05, 3.63) is 57.9 Å². The van der Waals surface area contributed by atoms with Gasteiger partial charge in [-0.25, -0.2) is 9.37 Å². The van der Waals surface area contributed by atoms with Crippen LogP contribution in [0, 0.1) is 5.82 Å². The van der Waals surface area contributed by atoms with Gasteiger partial charge in [-0.05, 0) is 58.8 Å². The maximum Gasteiger partial charge on any atom is 0.205 e. The Morgan fingerprint density at radius 1 is 1.27 bits per heavy atom. The Morgan fingerprint density at radius 3 is 2.70 bits per heavy atom. The molecule has 3 aromatic heterocycles. The van der Waals surface area contributed by atoms with Crippen molar-refractivity contribution in [2.45, 2.75) is 51.4 Å². The van der Waals surface area contributed by atoms with Gasteiger partial charge in [0.05, 0.1) is 22.6 Å². The van der Waals surface area contributed by atoms with E-state index < -0.39 is 17.5 Å². The topological polar surface area (TPSA) is 111 Å². The standard InChI is InChI=1S/C26H28Cl2FN5O3/c1-13(19-17(27)4-5-18(29)21(19)28)36-23-22-16(11-32-25(23)30)20(24(37-22)26(2,3)35)14-10-33-34(12-14)15-6-8-31-9-7-15/h4-5,10-13,15,31,35H,6-9H2,1-3H3,(H2,30,32)/t13-/m1/s1. The minimum absolute atomic E-state index is 0.0657. The molecule has 0 aliphatic carbocycles. The van der Waals surface area contributed by atoms with Gasteiger partial charge in [-0.1, -0.05) is 23.2 Å². The van der Waals surface area contributed by atoms with E-state index in [1.54, 1.807) is 33.2 Å². The SMILES string of the molecule is C[C@@H](Oc1c(N)ncc2c(-c3cnn(C4CCNCC4)c3)c(C(C)(C)O)oc12)c1c(Cl)ccc(F)c1Cl. The lowest BCUT2D eigenvalue weighted by Gasteiger charge is -2.22. The van der Waals surface area contributed by atoms with Gasteiger partial charge in [0, 0.05) is 34.1 Å². The zero-order valence-corrected chi connectivity index (χ0v) is 22.2. The number of ether oxygens (including phenoxy) is 1. The number of pyridine rings is 1. The molecule has 0 spiro atoms. The first-order valence-electron chi connectivity index (χ1n) is 12.1. The average molecular weight is 548 g/mol. The molecule has 1 atom stereocenters. The molecule has 4 aromatic rings. The molecule has 1 aromatic carbocycles. The van der Waals surface area contributed by atoms with Crippen molar-refractivity contribution in [1.82, 2.24) is 20.1 Å². The summed E-state index contributed by atoms with van der Waals surface area (Å²) in [5.41, 5.74) is 6.86. The van der Waals surface area contributed by atoms with E-state index in [0.29, 0.717) is 22.3 Å². The Kier molecular flexibility index (Phi) is 6.83. The van der Waals surface area contributed by atoms with Crippen LogP contribution in [0.15, 0.2) is 35.1 Å². The minimum Gasteiger partial charge on any atom is -0.478 e. The Bertz CT molecular complexity index is 1460. The summed E-state index contributed by atoms with van der Waals surface area (Å²) in [6, 6.07) is 2.89. The molecule has 1 fully saturated rings. The lowest BCUT2D eigenvalue weighted by atomic mass is 9.97. The second-order valence-corrected chi connectivity index (χ2v) is 10.6. The summed E-state index contributed by atoms with van der Waals surface area (Å²) in [6.45, 7) is 6.82. The number of nitrogens with two attached hydrogens (primary N) is 1. The number of hydrogen-bond donors (Lipinski definition) is 3. The molecule has 0 saturated carbocycles. The maximum atomic E-state index is 14.2. The van der Waals surface area contributed by atoms with Crippen molar-refractivity contribution >= 4 is 40.0 Å². The molecule has 196 valence electrons. The second kappa shape index (κ2) is 9.79. The minimum atomic E-state index is -1.34. The molecule has 1 aliphatic rings. The summed E-state index contributed by atoms with van der Waals surface area (Å²) in [6.07, 6.45) is 6.47. The summed E-state index contributed by atoms with van der Waals surface area (Å²) in [5, 5.41) is 19.7. The highest BCUT2D eigenvalue weighted by Crippen LogP contribution is 2.46. The third kappa shape index (κ3) is 4.77. The van der Waals surface area contributed by atoms with Crippen LogP contribution in [0.1, 0.15) is 57.1 Å². The normalized spacial score (nSPS) is 15.9. The molecule has 0 unspecified atom stereocenters. The number of aliphatic hydroxyl groups is 1. The number of aromatic nitrogens is 3. The van der Waals surface area contributed by atoms with E-state index in [0.717, 1.165) is 31.5 Å². The zero-order valence-electron chi connectivity index (χ0n) is 20.7. The molecule has 1 aliphatic heterocycles. The molecular formula is C26H28Cl2FN5O3. The number of anilines is 1. The highest BCUT2D eigenvalue weighted by Gasteiger charge is 2.32. The van der Waals surface area contributed by atoms with Gasteiger partial charge < -0.3 is 25.3 Å². The van der Waals surface area contributed by atoms with Crippen LogP contribution in [0.4, 0.5) is 10.2 Å². The van der Waals surface area contributed by atoms with E-state index in [-0.39, 0.29) is 33.2 Å². The van der Waals surface area contributed by atoms with Crippen molar-refractivity contribution < 1.29 is 18.7 Å². The summed E-state index contributed by atoms with van der Waals surface area (Å²) in [5.74, 6) is -0.0878. The van der Waals surface area contributed by atoms with Crippen LogP contribution >= 0.6 is 23.2 Å². The molecule has 11 heteroatoms. The van der Waals surface area contributed by atoms with E-state index in [9.17, 15) is 9.50 Å². The molecule has 0 bridgehead atoms. The molecule has 0 amide bonds. The fraction of sp³-hybridized carbons (Fsp3) is 0.385. The summed E-state index contributed by atoms with van der Waals surface area (Å²) < 4.78 is 28.5. The van der Waals surface area contributed by atoms with Crippen molar-refractivity contribution in [1.29, 1.82) is 0 Å². The number of rotatable bonds is 6. The van der Waals surface area contributed by atoms with Gasteiger partial charge in [-0.15, -0.1) is 0 Å². The number of nitrogens with zero attached hydrogens (tertiary/aromatic N) is 3. The van der Waals surface area contributed by atoms with E-state index in [4.69, 9.17) is 38.1 Å². The highest BCUT2D eigenvalue weighted by molar-refractivity contribution is 6.36. The molecule has 0 radical (unpaired) electrons. The highest BCUT2D eigenvalue weighted by atomic mass is 35.5. The predicted octanol–water partition coefficient (Wildman–Crippen LogP) is 6.01. The lowest BCUT2D eigenvalue weighted by Crippen LogP contribution is -2.29. The monoisotopic (exact) mass is 547 g/mol. The van der Waals surface area contributed by atoms with Crippen molar-refractivity contribution in [2.24, 2.45) is 0 Å². The van der Waals surface area contributed by atoms with Crippen LogP contribution in [0.3, 0.4) is 0 Å². The van der Waals surface area contributed by atoms with Crippen LogP contribution in [-0.4, -0.2) is 33.0 Å². The second-order valence-electron chi connectivity index (χ2n) is 9.79.